The van der Waals surface area contributed by atoms with E-state index in [2.05, 4.69) is 5.32 Å². The minimum atomic E-state index is -4.52. The number of carbonyl (C=O) groups excluding carboxylic acids is 3. The number of amides is 1. The molecule has 9 heteroatoms. The smallest absolute Gasteiger partial charge is 0.416 e. The van der Waals surface area contributed by atoms with Crippen LogP contribution in [0, 0.1) is 5.82 Å². The van der Waals surface area contributed by atoms with Gasteiger partial charge in [0.15, 0.2) is 6.61 Å². The number of hydrogen-bond acceptors (Lipinski definition) is 4. The first-order chi connectivity index (χ1) is 13.6. The third kappa shape index (κ3) is 6.56. The van der Waals surface area contributed by atoms with E-state index in [0.29, 0.717) is 0 Å². The highest BCUT2D eigenvalue weighted by molar-refractivity contribution is 5.99. The fourth-order valence-corrected chi connectivity index (χ4v) is 2.27. The maximum atomic E-state index is 14.0. The lowest BCUT2D eigenvalue weighted by Crippen LogP contribution is -2.14. The van der Waals surface area contributed by atoms with Gasteiger partial charge in [0.25, 0.3) is 0 Å². The molecule has 0 radical (unpaired) electrons. The second-order valence-electron chi connectivity index (χ2n) is 5.86. The zero-order chi connectivity index (χ0) is 21.6. The van der Waals surface area contributed by atoms with Gasteiger partial charge in [0, 0.05) is 18.7 Å². The van der Waals surface area contributed by atoms with Crippen LogP contribution in [-0.4, -0.2) is 24.3 Å². The largest absolute Gasteiger partial charge is 0.454 e. The van der Waals surface area contributed by atoms with Gasteiger partial charge in [-0.3, -0.25) is 9.59 Å². The molecule has 0 spiro atoms. The molecular formula is C20H15F4NO4. The van der Waals surface area contributed by atoms with Crippen molar-refractivity contribution < 1.29 is 36.7 Å². The lowest BCUT2D eigenvalue weighted by atomic mass is 10.1. The number of hydrogen-bond donors (Lipinski definition) is 1. The van der Waals surface area contributed by atoms with Crippen molar-refractivity contribution in [2.75, 3.05) is 11.9 Å². The Morgan fingerprint density at radius 2 is 1.83 bits per heavy atom. The molecule has 29 heavy (non-hydrogen) atoms. The molecule has 1 amide bonds. The highest BCUT2D eigenvalue weighted by Gasteiger charge is 2.30. The lowest BCUT2D eigenvalue weighted by Gasteiger charge is -2.07. The number of ether oxygens (including phenoxy) is 1. The Hall–Kier alpha value is -3.49. The molecule has 0 aliphatic carbocycles. The van der Waals surface area contributed by atoms with Gasteiger partial charge in [-0.05, 0) is 42.0 Å². The standard InChI is InChI=1S/C20H15F4NO4/c1-12(26)25-15-6-7-16(17(21)10-15)18(27)11-29-19(28)8-5-13-3-2-4-14(9-13)20(22,23)24/h2-10H,11H2,1H3,(H,25,26)/b8-5+. The van der Waals surface area contributed by atoms with E-state index in [1.807, 2.05) is 0 Å². The summed E-state index contributed by atoms with van der Waals surface area (Å²) in [6.45, 7) is 0.478. The minimum absolute atomic E-state index is 0.114. The van der Waals surface area contributed by atoms with Gasteiger partial charge >= 0.3 is 12.1 Å². The molecular weight excluding hydrogens is 394 g/mol. The van der Waals surface area contributed by atoms with Gasteiger partial charge in [-0.25, -0.2) is 9.18 Å². The molecule has 0 saturated carbocycles. The second-order valence-corrected chi connectivity index (χ2v) is 5.86. The summed E-state index contributed by atoms with van der Waals surface area (Å²) in [7, 11) is 0. The SMILES string of the molecule is CC(=O)Nc1ccc(C(=O)COC(=O)/C=C/c2cccc(C(F)(F)F)c2)c(F)c1. The van der Waals surface area contributed by atoms with Crippen LogP contribution in [0.25, 0.3) is 6.08 Å². The van der Waals surface area contributed by atoms with Crippen molar-refractivity contribution in [3.05, 3.63) is 71.0 Å². The molecule has 0 unspecified atom stereocenters. The average Bonchev–Trinajstić information content (AvgIpc) is 2.63. The van der Waals surface area contributed by atoms with Crippen LogP contribution in [0.3, 0.4) is 0 Å². The van der Waals surface area contributed by atoms with Crippen molar-refractivity contribution in [1.29, 1.82) is 0 Å². The van der Waals surface area contributed by atoms with Crippen LogP contribution in [-0.2, 0) is 20.5 Å². The normalized spacial score (nSPS) is 11.3. The molecule has 2 rings (SSSR count). The van der Waals surface area contributed by atoms with Crippen molar-refractivity contribution in [3.8, 4) is 0 Å². The Kier molecular flexibility index (Phi) is 6.87. The molecule has 0 aromatic heterocycles. The lowest BCUT2D eigenvalue weighted by molar-refractivity contribution is -0.138. The first kappa shape index (κ1) is 21.8. The van der Waals surface area contributed by atoms with Crippen molar-refractivity contribution in [2.24, 2.45) is 0 Å². The summed E-state index contributed by atoms with van der Waals surface area (Å²) in [5.41, 5.74) is -0.939. The number of carbonyl (C=O) groups is 3. The van der Waals surface area contributed by atoms with E-state index < -0.39 is 41.8 Å². The van der Waals surface area contributed by atoms with E-state index >= 15 is 0 Å². The molecule has 0 saturated heterocycles. The van der Waals surface area contributed by atoms with Gasteiger partial charge in [0.05, 0.1) is 11.1 Å². The third-order valence-electron chi connectivity index (χ3n) is 3.56. The molecule has 5 nitrogen and oxygen atoms in total. The summed E-state index contributed by atoms with van der Waals surface area (Å²) < 4.78 is 56.6. The maximum Gasteiger partial charge on any atom is 0.416 e. The highest BCUT2D eigenvalue weighted by Crippen LogP contribution is 2.29. The average molecular weight is 409 g/mol. The molecule has 0 aliphatic rings. The number of Topliss-reactive ketones (excluding diaryl/α,β-unsaturated/α-hetero) is 1. The molecule has 0 fully saturated rings. The molecule has 2 aromatic carbocycles. The quantitative estimate of drug-likeness (QED) is 0.335. The Morgan fingerprint density at radius 1 is 1.10 bits per heavy atom. The first-order valence-corrected chi connectivity index (χ1v) is 8.18. The predicted octanol–water partition coefficient (Wildman–Crippen LogP) is 4.24. The van der Waals surface area contributed by atoms with Gasteiger partial charge in [-0.2, -0.15) is 13.2 Å². The number of nitrogens with one attached hydrogen (secondary N) is 1. The number of ketones is 1. The Balaban J connectivity index is 1.96. The Labute approximate surface area is 163 Å². The van der Waals surface area contributed by atoms with E-state index in [1.165, 1.54) is 25.1 Å². The van der Waals surface area contributed by atoms with E-state index in [9.17, 15) is 31.9 Å². The van der Waals surface area contributed by atoms with Crippen molar-refractivity contribution in [1.82, 2.24) is 0 Å². The van der Waals surface area contributed by atoms with Crippen LogP contribution in [0.4, 0.5) is 23.2 Å². The zero-order valence-electron chi connectivity index (χ0n) is 15.0. The molecule has 0 aliphatic heterocycles. The summed E-state index contributed by atoms with van der Waals surface area (Å²) in [5, 5.41) is 2.35. The topological polar surface area (TPSA) is 72.5 Å². The fraction of sp³-hybridized carbons (Fsp3) is 0.150. The van der Waals surface area contributed by atoms with Crippen LogP contribution < -0.4 is 5.32 Å². The monoisotopic (exact) mass is 409 g/mol. The van der Waals surface area contributed by atoms with Gasteiger partial charge in [-0.1, -0.05) is 12.1 Å². The molecule has 0 atom stereocenters. The van der Waals surface area contributed by atoms with Gasteiger partial charge < -0.3 is 10.1 Å². The summed E-state index contributed by atoms with van der Waals surface area (Å²) in [6.07, 6.45) is -2.56. The maximum absolute atomic E-state index is 14.0. The number of halogens is 4. The summed E-state index contributed by atoms with van der Waals surface area (Å²) in [5.74, 6) is -3.12. The Bertz CT molecular complexity index is 967. The number of rotatable bonds is 6. The molecule has 2 aromatic rings. The number of esters is 1. The zero-order valence-corrected chi connectivity index (χ0v) is 15.0. The van der Waals surface area contributed by atoms with Gasteiger partial charge in [0.2, 0.25) is 11.7 Å². The van der Waals surface area contributed by atoms with E-state index in [1.54, 1.807) is 0 Å². The van der Waals surface area contributed by atoms with Gasteiger partial charge in [0.1, 0.15) is 5.82 Å². The number of alkyl halides is 3. The Morgan fingerprint density at radius 3 is 2.45 bits per heavy atom. The van der Waals surface area contributed by atoms with Crippen molar-refractivity contribution in [2.45, 2.75) is 13.1 Å². The van der Waals surface area contributed by atoms with Crippen LogP contribution in [0.1, 0.15) is 28.4 Å². The van der Waals surface area contributed by atoms with Crippen LogP contribution in [0.5, 0.6) is 0 Å². The van der Waals surface area contributed by atoms with E-state index in [0.717, 1.165) is 36.4 Å². The van der Waals surface area contributed by atoms with Crippen LogP contribution >= 0.6 is 0 Å². The van der Waals surface area contributed by atoms with E-state index in [4.69, 9.17) is 4.74 Å². The highest BCUT2D eigenvalue weighted by atomic mass is 19.4. The van der Waals surface area contributed by atoms with Crippen molar-refractivity contribution >= 4 is 29.4 Å². The van der Waals surface area contributed by atoms with Crippen LogP contribution in [0.2, 0.25) is 0 Å². The molecule has 1 N–H and O–H groups in total. The van der Waals surface area contributed by atoms with E-state index in [-0.39, 0.29) is 16.8 Å². The first-order valence-electron chi connectivity index (χ1n) is 8.18. The number of benzene rings is 2. The predicted molar refractivity (Wildman–Crippen MR) is 96.5 cm³/mol. The summed E-state index contributed by atoms with van der Waals surface area (Å²) in [6, 6.07) is 7.67. The molecule has 0 heterocycles. The second kappa shape index (κ2) is 9.13. The summed E-state index contributed by atoms with van der Waals surface area (Å²) >= 11 is 0. The van der Waals surface area contributed by atoms with Gasteiger partial charge in [-0.15, -0.1) is 0 Å². The van der Waals surface area contributed by atoms with Crippen LogP contribution in [0.15, 0.2) is 48.5 Å². The third-order valence-corrected chi connectivity index (χ3v) is 3.56. The van der Waals surface area contributed by atoms with Crippen molar-refractivity contribution in [3.63, 3.8) is 0 Å². The fourth-order valence-electron chi connectivity index (χ4n) is 2.27. The molecule has 0 bridgehead atoms. The minimum Gasteiger partial charge on any atom is -0.454 e. The molecule has 152 valence electrons. The summed E-state index contributed by atoms with van der Waals surface area (Å²) in [4.78, 5) is 34.6. The number of anilines is 1.